The van der Waals surface area contributed by atoms with Crippen LogP contribution in [-0.4, -0.2) is 14.5 Å². The Morgan fingerprint density at radius 3 is 3.00 bits per heavy atom. The van der Waals surface area contributed by atoms with E-state index >= 15 is 0 Å². The second-order valence-corrected chi connectivity index (χ2v) is 5.77. The van der Waals surface area contributed by atoms with Gasteiger partial charge >= 0.3 is 0 Å². The Morgan fingerprint density at radius 2 is 2.30 bits per heavy atom. The molecule has 0 aliphatic carbocycles. The highest BCUT2D eigenvalue weighted by Crippen LogP contribution is 2.29. The molecule has 2 heterocycles. The highest BCUT2D eigenvalue weighted by atomic mass is 32.1. The van der Waals surface area contributed by atoms with Crippen LogP contribution in [0.15, 0.2) is 42.0 Å². The molecule has 2 aromatic heterocycles. The minimum absolute atomic E-state index is 0.333. The van der Waals surface area contributed by atoms with Crippen molar-refractivity contribution in [2.24, 2.45) is 0 Å². The van der Waals surface area contributed by atoms with Crippen molar-refractivity contribution in [1.29, 1.82) is 0 Å². The largest absolute Gasteiger partial charge is 0.385 e. The molecule has 1 unspecified atom stereocenters. The third kappa shape index (κ3) is 2.34. The first-order valence-corrected chi connectivity index (χ1v) is 7.38. The van der Waals surface area contributed by atoms with E-state index in [0.29, 0.717) is 18.4 Å². The second kappa shape index (κ2) is 5.00. The zero-order valence-electron chi connectivity index (χ0n) is 11.1. The van der Waals surface area contributed by atoms with Gasteiger partial charge in [-0.05, 0) is 24.1 Å². The molecule has 0 saturated carbocycles. The van der Waals surface area contributed by atoms with Crippen LogP contribution in [0.3, 0.4) is 0 Å². The molecule has 0 fully saturated rings. The van der Waals surface area contributed by atoms with Crippen LogP contribution < -0.4 is 0 Å². The number of nitrogens with zero attached hydrogens (tertiary/aromatic N) is 2. The van der Waals surface area contributed by atoms with Crippen LogP contribution in [0.2, 0.25) is 0 Å². The smallest absolute Gasteiger partial charge is 0.193 e. The minimum atomic E-state index is -1.09. The summed E-state index contributed by atoms with van der Waals surface area (Å²) in [4.78, 5) is 5.38. The fraction of sp³-hybridized carbons (Fsp3) is 0.267. The summed E-state index contributed by atoms with van der Waals surface area (Å²) in [6.07, 6.45) is 4.72. The molecule has 20 heavy (non-hydrogen) atoms. The second-order valence-electron chi connectivity index (χ2n) is 4.90. The summed E-state index contributed by atoms with van der Waals surface area (Å²) in [7, 11) is 0. The normalized spacial score (nSPS) is 14.6. The number of halogens is 1. The van der Waals surface area contributed by atoms with Gasteiger partial charge in [0.2, 0.25) is 0 Å². The Morgan fingerprint density at radius 1 is 1.45 bits per heavy atom. The van der Waals surface area contributed by atoms with Crippen molar-refractivity contribution >= 4 is 16.3 Å². The third-order valence-electron chi connectivity index (χ3n) is 3.56. The van der Waals surface area contributed by atoms with Crippen LogP contribution in [0.4, 0.5) is 4.39 Å². The molecule has 0 aliphatic heterocycles. The van der Waals surface area contributed by atoms with E-state index in [1.807, 2.05) is 29.1 Å². The summed E-state index contributed by atoms with van der Waals surface area (Å²) in [6, 6.07) is 6.15. The average Bonchev–Trinajstić information content (AvgIpc) is 2.99. The molecule has 0 saturated heterocycles. The van der Waals surface area contributed by atoms with E-state index in [1.54, 1.807) is 23.5 Å². The summed E-state index contributed by atoms with van der Waals surface area (Å²) in [5.41, 5.74) is 0.313. The standard InChI is InChI=1S/C15H15FN2OS/c1-2-15(19,11-4-3-5-12(16)8-11)9-13-10-18-6-7-20-14(18)17-13/h3-8,10,19H,2,9H2,1H3. The molecule has 0 amide bonds. The van der Waals surface area contributed by atoms with Crippen molar-refractivity contribution in [2.45, 2.75) is 25.4 Å². The van der Waals surface area contributed by atoms with Crippen LogP contribution in [0, 0.1) is 5.82 Å². The van der Waals surface area contributed by atoms with Gasteiger partial charge in [0.1, 0.15) is 5.82 Å². The van der Waals surface area contributed by atoms with Gasteiger partial charge in [-0.15, -0.1) is 11.3 Å². The molecule has 5 heteroatoms. The molecule has 0 bridgehead atoms. The van der Waals surface area contributed by atoms with Gasteiger partial charge in [0.05, 0.1) is 11.3 Å². The number of imidazole rings is 1. The van der Waals surface area contributed by atoms with Crippen LogP contribution in [0.5, 0.6) is 0 Å². The Labute approximate surface area is 120 Å². The number of benzene rings is 1. The molecular formula is C15H15FN2OS. The monoisotopic (exact) mass is 290 g/mol. The number of thiazole rings is 1. The van der Waals surface area contributed by atoms with E-state index in [9.17, 15) is 9.50 Å². The predicted octanol–water partition coefficient (Wildman–Crippen LogP) is 3.38. The highest BCUT2D eigenvalue weighted by molar-refractivity contribution is 7.15. The molecule has 0 aliphatic rings. The lowest BCUT2D eigenvalue weighted by molar-refractivity contribution is 0.0316. The van der Waals surface area contributed by atoms with E-state index in [1.165, 1.54) is 12.1 Å². The molecule has 104 valence electrons. The number of hydrogen-bond acceptors (Lipinski definition) is 3. The summed E-state index contributed by atoms with van der Waals surface area (Å²) >= 11 is 1.55. The number of hydrogen-bond donors (Lipinski definition) is 1. The van der Waals surface area contributed by atoms with Gasteiger partial charge in [0.15, 0.2) is 4.96 Å². The molecule has 3 rings (SSSR count). The Bertz CT molecular complexity index is 708. The maximum atomic E-state index is 13.4. The average molecular weight is 290 g/mol. The molecule has 3 aromatic rings. The molecule has 0 radical (unpaired) electrons. The number of aromatic nitrogens is 2. The van der Waals surface area contributed by atoms with Crippen molar-refractivity contribution in [3.05, 3.63) is 59.1 Å². The zero-order valence-corrected chi connectivity index (χ0v) is 11.9. The van der Waals surface area contributed by atoms with Gasteiger partial charge in [0.25, 0.3) is 0 Å². The molecule has 3 nitrogen and oxygen atoms in total. The van der Waals surface area contributed by atoms with Crippen LogP contribution in [0.25, 0.3) is 4.96 Å². The van der Waals surface area contributed by atoms with Gasteiger partial charge < -0.3 is 5.11 Å². The first-order valence-electron chi connectivity index (χ1n) is 6.50. The Hall–Kier alpha value is -1.72. The van der Waals surface area contributed by atoms with Crippen molar-refractivity contribution in [1.82, 2.24) is 9.38 Å². The van der Waals surface area contributed by atoms with Gasteiger partial charge in [-0.1, -0.05) is 19.1 Å². The van der Waals surface area contributed by atoms with Gasteiger partial charge in [-0.25, -0.2) is 9.37 Å². The lowest BCUT2D eigenvalue weighted by atomic mass is 9.87. The fourth-order valence-corrected chi connectivity index (χ4v) is 3.09. The van der Waals surface area contributed by atoms with Crippen molar-refractivity contribution < 1.29 is 9.50 Å². The summed E-state index contributed by atoms with van der Waals surface area (Å²) < 4.78 is 15.3. The van der Waals surface area contributed by atoms with Crippen molar-refractivity contribution in [2.75, 3.05) is 0 Å². The van der Waals surface area contributed by atoms with Crippen LogP contribution in [-0.2, 0) is 12.0 Å². The lowest BCUT2D eigenvalue weighted by Crippen LogP contribution is -2.28. The van der Waals surface area contributed by atoms with E-state index in [2.05, 4.69) is 4.98 Å². The number of fused-ring (bicyclic) bond motifs is 1. The summed E-state index contributed by atoms with van der Waals surface area (Å²) in [5, 5.41) is 12.8. The highest BCUT2D eigenvalue weighted by Gasteiger charge is 2.29. The lowest BCUT2D eigenvalue weighted by Gasteiger charge is -2.26. The molecular weight excluding hydrogens is 275 g/mol. The SMILES string of the molecule is CCC(O)(Cc1cn2ccsc2n1)c1cccc(F)c1. The van der Waals surface area contributed by atoms with Gasteiger partial charge in [0, 0.05) is 24.2 Å². The Balaban J connectivity index is 1.94. The quantitative estimate of drug-likeness (QED) is 0.800. The van der Waals surface area contributed by atoms with E-state index in [0.717, 1.165) is 10.7 Å². The van der Waals surface area contributed by atoms with E-state index < -0.39 is 5.60 Å². The first-order chi connectivity index (χ1) is 9.60. The van der Waals surface area contributed by atoms with Crippen LogP contribution in [0.1, 0.15) is 24.6 Å². The Kier molecular flexibility index (Phi) is 3.31. The topological polar surface area (TPSA) is 37.5 Å². The van der Waals surface area contributed by atoms with E-state index in [-0.39, 0.29) is 5.82 Å². The van der Waals surface area contributed by atoms with Gasteiger partial charge in [-0.3, -0.25) is 4.40 Å². The number of rotatable bonds is 4. The number of aliphatic hydroxyl groups is 1. The first kappa shape index (κ1) is 13.3. The maximum absolute atomic E-state index is 13.4. The predicted molar refractivity (Wildman–Crippen MR) is 77.4 cm³/mol. The molecule has 0 spiro atoms. The third-order valence-corrected chi connectivity index (χ3v) is 4.33. The molecule has 1 atom stereocenters. The van der Waals surface area contributed by atoms with Gasteiger partial charge in [-0.2, -0.15) is 0 Å². The minimum Gasteiger partial charge on any atom is -0.385 e. The van der Waals surface area contributed by atoms with E-state index in [4.69, 9.17) is 0 Å². The van der Waals surface area contributed by atoms with Crippen LogP contribution >= 0.6 is 11.3 Å². The fourth-order valence-electron chi connectivity index (χ4n) is 2.37. The maximum Gasteiger partial charge on any atom is 0.193 e. The summed E-state index contributed by atoms with van der Waals surface area (Å²) in [5.74, 6) is -0.333. The summed E-state index contributed by atoms with van der Waals surface area (Å²) in [6.45, 7) is 1.89. The molecule has 1 aromatic carbocycles. The van der Waals surface area contributed by atoms with Crippen molar-refractivity contribution in [3.63, 3.8) is 0 Å². The van der Waals surface area contributed by atoms with Crippen molar-refractivity contribution in [3.8, 4) is 0 Å². The molecule has 1 N–H and O–H groups in total. The zero-order chi connectivity index (χ0) is 14.2.